The first-order valence-corrected chi connectivity index (χ1v) is 8.34. The molecule has 1 saturated carbocycles. The van der Waals surface area contributed by atoms with E-state index in [4.69, 9.17) is 16.3 Å². The second-order valence-electron chi connectivity index (χ2n) is 5.90. The number of ketones is 1. The van der Waals surface area contributed by atoms with Gasteiger partial charge in [0.15, 0.2) is 11.4 Å². The average Bonchev–Trinajstić information content (AvgIpc) is 2.67. The van der Waals surface area contributed by atoms with Crippen LogP contribution < -0.4 is 0 Å². The van der Waals surface area contributed by atoms with E-state index in [-0.39, 0.29) is 5.78 Å². The molecule has 2 aliphatic rings. The van der Waals surface area contributed by atoms with Crippen molar-refractivity contribution in [1.29, 1.82) is 0 Å². The number of carbonyl (C=O) groups excluding carboxylic acids is 2. The minimum Gasteiger partial charge on any atom is -0.450 e. The Balaban J connectivity index is 2.01. The van der Waals surface area contributed by atoms with Crippen LogP contribution in [0.5, 0.6) is 0 Å². The van der Waals surface area contributed by atoms with Gasteiger partial charge in [0.1, 0.15) is 5.92 Å². The number of ether oxygens (including phenoxy) is 1. The highest BCUT2D eigenvalue weighted by atomic mass is 79.9. The molecule has 1 spiro atoms. The van der Waals surface area contributed by atoms with Gasteiger partial charge >= 0.3 is 5.97 Å². The lowest BCUT2D eigenvalue weighted by molar-refractivity contribution is -0.154. The molecule has 1 unspecified atom stereocenters. The summed E-state index contributed by atoms with van der Waals surface area (Å²) in [5.41, 5.74) is 0.610. The zero-order chi connectivity index (χ0) is 15.2. The largest absolute Gasteiger partial charge is 0.450 e. The molecular formula is C16H16BrClO3. The summed E-state index contributed by atoms with van der Waals surface area (Å²) in [7, 11) is 0. The quantitative estimate of drug-likeness (QED) is 0.545. The fourth-order valence-corrected chi connectivity index (χ4v) is 4.06. The number of esters is 1. The Hall–Kier alpha value is -0.870. The number of rotatable bonds is 1. The Morgan fingerprint density at radius 1 is 1.24 bits per heavy atom. The van der Waals surface area contributed by atoms with Gasteiger partial charge in [-0.25, -0.2) is 0 Å². The van der Waals surface area contributed by atoms with Crippen LogP contribution in [0.3, 0.4) is 0 Å². The van der Waals surface area contributed by atoms with Crippen LogP contribution in [0.15, 0.2) is 16.6 Å². The van der Waals surface area contributed by atoms with Crippen molar-refractivity contribution in [3.8, 4) is 0 Å². The van der Waals surface area contributed by atoms with E-state index in [0.29, 0.717) is 23.4 Å². The molecule has 0 bridgehead atoms. The molecule has 112 valence electrons. The topological polar surface area (TPSA) is 43.4 Å². The lowest BCUT2D eigenvalue weighted by Gasteiger charge is -2.29. The summed E-state index contributed by atoms with van der Waals surface area (Å²) < 4.78 is 6.40. The Morgan fingerprint density at radius 2 is 1.90 bits per heavy atom. The molecule has 1 saturated heterocycles. The fraction of sp³-hybridized carbons (Fsp3) is 0.500. The molecule has 5 heteroatoms. The van der Waals surface area contributed by atoms with Crippen LogP contribution in [-0.2, 0) is 14.3 Å². The molecular weight excluding hydrogens is 356 g/mol. The number of benzene rings is 1. The third-order valence-electron chi connectivity index (χ3n) is 4.49. The van der Waals surface area contributed by atoms with E-state index in [0.717, 1.165) is 29.3 Å². The lowest BCUT2D eigenvalue weighted by Crippen LogP contribution is -2.39. The average molecular weight is 372 g/mol. The molecule has 0 amide bonds. The highest BCUT2D eigenvalue weighted by Gasteiger charge is 2.56. The second-order valence-corrected chi connectivity index (χ2v) is 7.16. The predicted octanol–water partition coefficient (Wildman–Crippen LogP) is 4.32. The van der Waals surface area contributed by atoms with Crippen LogP contribution in [-0.4, -0.2) is 17.4 Å². The van der Waals surface area contributed by atoms with Crippen molar-refractivity contribution in [1.82, 2.24) is 0 Å². The summed E-state index contributed by atoms with van der Waals surface area (Å²) in [5.74, 6) is -1.44. The van der Waals surface area contributed by atoms with E-state index in [1.54, 1.807) is 12.1 Å². The maximum absolute atomic E-state index is 12.8. The zero-order valence-corrected chi connectivity index (χ0v) is 14.1. The third-order valence-corrected chi connectivity index (χ3v) is 5.67. The van der Waals surface area contributed by atoms with Crippen molar-refractivity contribution in [3.63, 3.8) is 0 Å². The third kappa shape index (κ3) is 2.42. The van der Waals surface area contributed by atoms with Crippen molar-refractivity contribution in [2.45, 2.75) is 50.5 Å². The van der Waals surface area contributed by atoms with Gasteiger partial charge in [-0.3, -0.25) is 9.59 Å². The van der Waals surface area contributed by atoms with E-state index in [2.05, 4.69) is 15.9 Å². The van der Waals surface area contributed by atoms with E-state index in [9.17, 15) is 9.59 Å². The number of hydrogen-bond donors (Lipinski definition) is 0. The molecule has 0 aromatic heterocycles. The summed E-state index contributed by atoms with van der Waals surface area (Å²) >= 11 is 9.65. The SMILES string of the molecule is Cc1cc(C2C(=O)OC3(CCCCC3)C2=O)c(Cl)cc1Br. The first kappa shape index (κ1) is 15.0. The van der Waals surface area contributed by atoms with Crippen LogP contribution in [0.25, 0.3) is 0 Å². The number of carbonyl (C=O) groups is 2. The van der Waals surface area contributed by atoms with Gasteiger partial charge in [0.25, 0.3) is 0 Å². The molecule has 2 fully saturated rings. The van der Waals surface area contributed by atoms with E-state index in [1.807, 2.05) is 6.92 Å². The Kier molecular flexibility index (Phi) is 3.87. The number of halogens is 2. The molecule has 21 heavy (non-hydrogen) atoms. The molecule has 0 N–H and O–H groups in total. The van der Waals surface area contributed by atoms with Crippen molar-refractivity contribution in [3.05, 3.63) is 32.8 Å². The standard InChI is InChI=1S/C16H16BrClO3/c1-9-7-10(12(18)8-11(9)17)13-14(19)16(21-15(13)20)5-3-2-4-6-16/h7-8,13H,2-6H2,1H3. The van der Waals surface area contributed by atoms with Crippen molar-refractivity contribution < 1.29 is 14.3 Å². The summed E-state index contributed by atoms with van der Waals surface area (Å²) in [4.78, 5) is 25.1. The number of aryl methyl sites for hydroxylation is 1. The first-order valence-electron chi connectivity index (χ1n) is 7.17. The van der Waals surface area contributed by atoms with Gasteiger partial charge in [0, 0.05) is 9.50 Å². The Labute approximate surface area is 137 Å². The minimum absolute atomic E-state index is 0.115. The summed E-state index contributed by atoms with van der Waals surface area (Å²) in [6.07, 6.45) is 4.23. The van der Waals surface area contributed by atoms with Gasteiger partial charge in [0.2, 0.25) is 0 Å². The van der Waals surface area contributed by atoms with Crippen molar-refractivity contribution >= 4 is 39.3 Å². The van der Waals surface area contributed by atoms with E-state index in [1.165, 1.54) is 0 Å². The maximum Gasteiger partial charge on any atom is 0.322 e. The number of hydrogen-bond acceptors (Lipinski definition) is 3. The molecule has 1 heterocycles. The van der Waals surface area contributed by atoms with Crippen molar-refractivity contribution in [2.75, 3.05) is 0 Å². The van der Waals surface area contributed by atoms with Gasteiger partial charge < -0.3 is 4.74 Å². The summed E-state index contributed by atoms with van der Waals surface area (Å²) in [6, 6.07) is 3.54. The molecule has 1 aliphatic heterocycles. The monoisotopic (exact) mass is 370 g/mol. The zero-order valence-electron chi connectivity index (χ0n) is 11.7. The van der Waals surface area contributed by atoms with E-state index < -0.39 is 17.5 Å². The van der Waals surface area contributed by atoms with Crippen LogP contribution in [0.2, 0.25) is 5.02 Å². The first-order chi connectivity index (χ1) is 9.94. The smallest absolute Gasteiger partial charge is 0.322 e. The van der Waals surface area contributed by atoms with Gasteiger partial charge in [-0.2, -0.15) is 0 Å². The van der Waals surface area contributed by atoms with Crippen LogP contribution in [0.1, 0.15) is 49.1 Å². The van der Waals surface area contributed by atoms with Crippen LogP contribution in [0.4, 0.5) is 0 Å². The molecule has 3 nitrogen and oxygen atoms in total. The molecule has 0 radical (unpaired) electrons. The highest BCUT2D eigenvalue weighted by Crippen LogP contribution is 2.45. The van der Waals surface area contributed by atoms with Gasteiger partial charge in [-0.05, 0) is 49.8 Å². The summed E-state index contributed by atoms with van der Waals surface area (Å²) in [5, 5.41) is 0.427. The molecule has 1 atom stereocenters. The van der Waals surface area contributed by atoms with Crippen molar-refractivity contribution in [2.24, 2.45) is 0 Å². The Bertz CT molecular complexity index is 620. The molecule has 1 aromatic rings. The highest BCUT2D eigenvalue weighted by molar-refractivity contribution is 9.10. The van der Waals surface area contributed by atoms with Gasteiger partial charge in [-0.1, -0.05) is 40.0 Å². The van der Waals surface area contributed by atoms with Gasteiger partial charge in [0.05, 0.1) is 0 Å². The number of Topliss-reactive ketones (excluding diaryl/α,β-unsaturated/α-hetero) is 1. The lowest BCUT2D eigenvalue weighted by atomic mass is 9.78. The molecule has 1 aromatic carbocycles. The maximum atomic E-state index is 12.8. The Morgan fingerprint density at radius 3 is 2.57 bits per heavy atom. The van der Waals surface area contributed by atoms with Gasteiger partial charge in [-0.15, -0.1) is 0 Å². The van der Waals surface area contributed by atoms with Crippen LogP contribution >= 0.6 is 27.5 Å². The molecule has 3 rings (SSSR count). The second kappa shape index (κ2) is 5.40. The predicted molar refractivity (Wildman–Crippen MR) is 83.5 cm³/mol. The molecule has 1 aliphatic carbocycles. The van der Waals surface area contributed by atoms with E-state index >= 15 is 0 Å². The summed E-state index contributed by atoms with van der Waals surface area (Å²) in [6.45, 7) is 1.91. The fourth-order valence-electron chi connectivity index (χ4n) is 3.31. The minimum atomic E-state index is -0.899. The normalized spacial score (nSPS) is 24.4. The van der Waals surface area contributed by atoms with Crippen LogP contribution in [0, 0.1) is 6.92 Å².